The Morgan fingerprint density at radius 3 is 2.50 bits per heavy atom. The zero-order valence-electron chi connectivity index (χ0n) is 19.0. The molecule has 184 valence electrons. The molecule has 0 bridgehead atoms. The van der Waals surface area contributed by atoms with Crippen molar-refractivity contribution in [3.63, 3.8) is 0 Å². The second-order valence-electron chi connectivity index (χ2n) is 9.93. The van der Waals surface area contributed by atoms with E-state index < -0.39 is 17.9 Å². The van der Waals surface area contributed by atoms with Crippen LogP contribution in [0, 0.1) is 23.2 Å². The monoisotopic (exact) mass is 476 g/mol. The maximum Gasteiger partial charge on any atom is 0.410 e. The van der Waals surface area contributed by atoms with Crippen molar-refractivity contribution >= 4 is 11.6 Å². The summed E-state index contributed by atoms with van der Waals surface area (Å²) in [6.45, 7) is 0.931. The summed E-state index contributed by atoms with van der Waals surface area (Å²) in [5.41, 5.74) is 2.32. The lowest BCUT2D eigenvalue weighted by Crippen LogP contribution is -2.54. The number of hydrogen-bond acceptors (Lipinski definition) is 6. The first-order valence-corrected chi connectivity index (χ1v) is 12.2. The number of nitrogens with one attached hydrogen (secondary N) is 4. The largest absolute Gasteiger partial charge is 0.410 e. The topological polar surface area (TPSA) is 92.2 Å². The summed E-state index contributed by atoms with van der Waals surface area (Å²) in [7, 11) is 0. The highest BCUT2D eigenvalue weighted by molar-refractivity contribution is 5.82. The van der Waals surface area contributed by atoms with Gasteiger partial charge in [-0.05, 0) is 56.3 Å². The number of halogens is 3. The van der Waals surface area contributed by atoms with Gasteiger partial charge in [0, 0.05) is 24.3 Å². The Hall–Kier alpha value is -2.35. The molecule has 1 saturated carbocycles. The van der Waals surface area contributed by atoms with Gasteiger partial charge >= 0.3 is 6.18 Å². The van der Waals surface area contributed by atoms with Crippen LogP contribution in [0.2, 0.25) is 0 Å². The van der Waals surface area contributed by atoms with Gasteiger partial charge in [0.05, 0.1) is 17.9 Å². The molecule has 1 aromatic rings. The molecule has 7 nitrogen and oxygen atoms in total. The van der Waals surface area contributed by atoms with Crippen molar-refractivity contribution in [3.05, 3.63) is 29.8 Å². The molecule has 34 heavy (non-hydrogen) atoms. The number of fused-ring (bicyclic) bond motifs is 1. The highest BCUT2D eigenvalue weighted by atomic mass is 19.4. The Morgan fingerprint density at radius 1 is 1.06 bits per heavy atom. The van der Waals surface area contributed by atoms with Gasteiger partial charge in [-0.2, -0.15) is 18.4 Å². The maximum absolute atomic E-state index is 13.9. The van der Waals surface area contributed by atoms with Crippen LogP contribution in [0.25, 0.3) is 0 Å². The van der Waals surface area contributed by atoms with Crippen LogP contribution >= 0.6 is 0 Å². The molecule has 0 aromatic heterocycles. The lowest BCUT2D eigenvalue weighted by molar-refractivity contribution is -0.196. The summed E-state index contributed by atoms with van der Waals surface area (Å²) in [6, 6.07) is 8.82. The Balaban J connectivity index is 1.36. The lowest BCUT2D eigenvalue weighted by Gasteiger charge is -2.39. The SMILES string of the molecule is N#C[C@H]1CCCC[C@@H]1N1NC(Nc2ccc(C3(C(F)(F)F)CCCN3)cc2)C2C(=O)NCCC21. The van der Waals surface area contributed by atoms with E-state index in [-0.39, 0.29) is 41.8 Å². The maximum atomic E-state index is 13.9. The van der Waals surface area contributed by atoms with Crippen molar-refractivity contribution < 1.29 is 18.0 Å². The molecular formula is C24H31F3N6O. The van der Waals surface area contributed by atoms with Gasteiger partial charge < -0.3 is 10.6 Å². The zero-order valence-corrected chi connectivity index (χ0v) is 19.0. The molecule has 0 spiro atoms. The van der Waals surface area contributed by atoms with Crippen LogP contribution in [0.1, 0.15) is 50.5 Å². The molecule has 3 saturated heterocycles. The van der Waals surface area contributed by atoms with Crippen LogP contribution in [-0.4, -0.2) is 48.4 Å². The summed E-state index contributed by atoms with van der Waals surface area (Å²) >= 11 is 0. The Kier molecular flexibility index (Phi) is 6.21. The van der Waals surface area contributed by atoms with Gasteiger partial charge in [0.15, 0.2) is 0 Å². The summed E-state index contributed by atoms with van der Waals surface area (Å²) in [6.07, 6.45) is 0.364. The van der Waals surface area contributed by atoms with Crippen LogP contribution in [0.4, 0.5) is 18.9 Å². The number of hydrogen-bond donors (Lipinski definition) is 4. The standard InChI is InChI=1S/C24H31F3N6O/c25-24(26,27)23(11-3-12-30-23)16-6-8-17(9-7-16)31-21-20-19(10-13-29-22(20)34)33(32-21)18-5-2-1-4-15(18)14-28/h6-9,15,18-21,30-32H,1-5,10-13H2,(H,29,34)/t15-,18+,19?,20?,21?,23?/m1/s1. The molecule has 4 fully saturated rings. The summed E-state index contributed by atoms with van der Waals surface area (Å²) in [5, 5.41) is 20.8. The molecule has 1 aliphatic carbocycles. The van der Waals surface area contributed by atoms with Crippen LogP contribution < -0.4 is 21.4 Å². The summed E-state index contributed by atoms with van der Waals surface area (Å²) in [5.74, 6) is -0.481. The van der Waals surface area contributed by atoms with Crippen molar-refractivity contribution in [2.24, 2.45) is 11.8 Å². The Labute approximate surface area is 197 Å². The van der Waals surface area contributed by atoms with Crippen molar-refractivity contribution in [1.29, 1.82) is 5.26 Å². The third-order valence-corrected chi connectivity index (χ3v) is 8.05. The predicted molar refractivity (Wildman–Crippen MR) is 120 cm³/mol. The molecule has 4 unspecified atom stereocenters. The van der Waals surface area contributed by atoms with E-state index >= 15 is 0 Å². The number of alkyl halides is 3. The fraction of sp³-hybridized carbons (Fsp3) is 0.667. The molecule has 1 amide bonds. The van der Waals surface area contributed by atoms with Gasteiger partial charge in [0.2, 0.25) is 5.91 Å². The van der Waals surface area contributed by atoms with E-state index in [0.717, 1.165) is 32.1 Å². The first-order valence-electron chi connectivity index (χ1n) is 12.2. The number of benzene rings is 1. The quantitative estimate of drug-likeness (QED) is 0.534. The van der Waals surface area contributed by atoms with Crippen molar-refractivity contribution in [2.75, 3.05) is 18.4 Å². The van der Waals surface area contributed by atoms with Crippen molar-refractivity contribution in [2.45, 2.75) is 74.9 Å². The van der Waals surface area contributed by atoms with E-state index in [1.165, 1.54) is 12.1 Å². The number of carbonyl (C=O) groups excluding carboxylic acids is 1. The molecule has 5 rings (SSSR count). The van der Waals surface area contributed by atoms with Gasteiger partial charge in [-0.25, -0.2) is 10.4 Å². The molecule has 10 heteroatoms. The van der Waals surface area contributed by atoms with Crippen LogP contribution in [0.5, 0.6) is 0 Å². The van der Waals surface area contributed by atoms with E-state index in [0.29, 0.717) is 25.2 Å². The van der Waals surface area contributed by atoms with Crippen LogP contribution in [-0.2, 0) is 10.3 Å². The number of carbonyl (C=O) groups is 1. The average Bonchev–Trinajstić information content (AvgIpc) is 3.47. The highest BCUT2D eigenvalue weighted by Crippen LogP contribution is 2.45. The number of amides is 1. The molecule has 3 aliphatic heterocycles. The number of nitrogens with zero attached hydrogens (tertiary/aromatic N) is 2. The third kappa shape index (κ3) is 3.93. The Bertz CT molecular complexity index is 940. The molecule has 3 heterocycles. The minimum atomic E-state index is -4.38. The van der Waals surface area contributed by atoms with E-state index in [1.54, 1.807) is 12.1 Å². The van der Waals surface area contributed by atoms with Crippen LogP contribution in [0.3, 0.4) is 0 Å². The lowest BCUT2D eigenvalue weighted by atomic mass is 9.83. The van der Waals surface area contributed by atoms with Gasteiger partial charge in [-0.3, -0.25) is 10.1 Å². The van der Waals surface area contributed by atoms with E-state index in [1.807, 2.05) is 0 Å². The molecule has 4 N–H and O–H groups in total. The minimum Gasteiger partial charge on any atom is -0.368 e. The zero-order chi connectivity index (χ0) is 23.9. The molecular weight excluding hydrogens is 445 g/mol. The Morgan fingerprint density at radius 2 is 1.82 bits per heavy atom. The second-order valence-corrected chi connectivity index (χ2v) is 9.93. The second kappa shape index (κ2) is 9.02. The van der Waals surface area contributed by atoms with E-state index in [4.69, 9.17) is 0 Å². The summed E-state index contributed by atoms with van der Waals surface area (Å²) in [4.78, 5) is 12.8. The number of nitriles is 1. The number of rotatable bonds is 4. The predicted octanol–water partition coefficient (Wildman–Crippen LogP) is 2.97. The van der Waals surface area contributed by atoms with Gasteiger partial charge in [-0.1, -0.05) is 25.0 Å². The first kappa shape index (κ1) is 23.4. The van der Waals surface area contributed by atoms with Crippen molar-refractivity contribution in [1.82, 2.24) is 21.1 Å². The molecule has 1 aromatic carbocycles. The van der Waals surface area contributed by atoms with Gasteiger partial charge in [0.25, 0.3) is 0 Å². The minimum absolute atomic E-state index is 0.0216. The first-order chi connectivity index (χ1) is 16.3. The summed E-state index contributed by atoms with van der Waals surface area (Å²) < 4.78 is 41.6. The third-order valence-electron chi connectivity index (χ3n) is 8.05. The molecule has 0 radical (unpaired) electrons. The fourth-order valence-corrected chi connectivity index (χ4v) is 6.32. The van der Waals surface area contributed by atoms with Crippen molar-refractivity contribution in [3.8, 4) is 6.07 Å². The average molecular weight is 477 g/mol. The fourth-order valence-electron chi connectivity index (χ4n) is 6.32. The smallest absolute Gasteiger partial charge is 0.368 e. The molecule has 4 aliphatic rings. The molecule has 6 atom stereocenters. The van der Waals surface area contributed by atoms with E-state index in [9.17, 15) is 23.2 Å². The number of anilines is 1. The normalized spacial score (nSPS) is 36.5. The highest BCUT2D eigenvalue weighted by Gasteiger charge is 2.57. The number of hydrazine groups is 1. The van der Waals surface area contributed by atoms with E-state index in [2.05, 4.69) is 32.5 Å². The van der Waals surface area contributed by atoms with Crippen LogP contribution in [0.15, 0.2) is 24.3 Å². The van der Waals surface area contributed by atoms with Gasteiger partial charge in [0.1, 0.15) is 11.7 Å². The van der Waals surface area contributed by atoms with Gasteiger partial charge in [-0.15, -0.1) is 0 Å². The number of piperidine rings is 1.